The van der Waals surface area contributed by atoms with Gasteiger partial charge >= 0.3 is 0 Å². The second-order valence-electron chi connectivity index (χ2n) is 3.20. The fraction of sp³-hybridized carbons (Fsp3) is 0.0714. The molecule has 0 radical (unpaired) electrons. The van der Waals surface area contributed by atoms with Crippen LogP contribution in [-0.2, 0) is 6.42 Å². The van der Waals surface area contributed by atoms with Crippen LogP contribution in [0.5, 0.6) is 0 Å². The van der Waals surface area contributed by atoms with Crippen molar-refractivity contribution in [2.75, 3.05) is 0 Å². The number of hydrogen-bond acceptors (Lipinski definition) is 1. The molecule has 0 atom stereocenters. The van der Waals surface area contributed by atoms with Crippen LogP contribution in [0.1, 0.15) is 11.1 Å². The van der Waals surface area contributed by atoms with Gasteiger partial charge in [0.25, 0.3) is 0 Å². The Morgan fingerprint density at radius 1 is 0.933 bits per heavy atom. The summed E-state index contributed by atoms with van der Waals surface area (Å²) in [5.41, 5.74) is 2.26. The number of rotatable bonds is 1. The van der Waals surface area contributed by atoms with Crippen LogP contribution >= 0.6 is 0 Å². The smallest absolute Gasteiger partial charge is 0.0345 e. The third kappa shape index (κ3) is 2.96. The Hall–Kier alpha value is -2.07. The number of hydrogen-bond donors (Lipinski definition) is 0. The Labute approximate surface area is 89.8 Å². The van der Waals surface area contributed by atoms with Gasteiger partial charge in [-0.3, -0.25) is 4.98 Å². The molecule has 72 valence electrons. The summed E-state index contributed by atoms with van der Waals surface area (Å²) in [6.07, 6.45) is 4.36. The number of benzene rings is 1. The minimum atomic E-state index is 0.775. The SMILES string of the molecule is C(#Cc1ccccc1)Cc1ccncc1. The summed E-state index contributed by atoms with van der Waals surface area (Å²) in [4.78, 5) is 3.96. The van der Waals surface area contributed by atoms with Gasteiger partial charge in [-0.15, -0.1) is 0 Å². The summed E-state index contributed by atoms with van der Waals surface area (Å²) in [6, 6.07) is 14.0. The van der Waals surface area contributed by atoms with Crippen molar-refractivity contribution in [3.63, 3.8) is 0 Å². The van der Waals surface area contributed by atoms with Crippen molar-refractivity contribution in [2.24, 2.45) is 0 Å². The molecule has 1 heterocycles. The van der Waals surface area contributed by atoms with Crippen LogP contribution < -0.4 is 0 Å². The highest BCUT2D eigenvalue weighted by Gasteiger charge is 1.86. The monoisotopic (exact) mass is 193 g/mol. The van der Waals surface area contributed by atoms with Crippen molar-refractivity contribution in [1.29, 1.82) is 0 Å². The van der Waals surface area contributed by atoms with Crippen LogP contribution in [0.25, 0.3) is 0 Å². The zero-order valence-corrected chi connectivity index (χ0v) is 8.35. The molecule has 0 unspecified atom stereocenters. The summed E-state index contributed by atoms with van der Waals surface area (Å²) in [5, 5.41) is 0. The van der Waals surface area contributed by atoms with Gasteiger partial charge in [0.05, 0.1) is 0 Å². The van der Waals surface area contributed by atoms with E-state index >= 15 is 0 Å². The highest BCUT2D eigenvalue weighted by molar-refractivity contribution is 5.34. The second kappa shape index (κ2) is 4.97. The molecule has 0 saturated heterocycles. The molecule has 0 aliphatic heterocycles. The number of aromatic nitrogens is 1. The van der Waals surface area contributed by atoms with Gasteiger partial charge in [0.1, 0.15) is 0 Å². The van der Waals surface area contributed by atoms with E-state index in [1.54, 1.807) is 12.4 Å². The highest BCUT2D eigenvalue weighted by Crippen LogP contribution is 1.98. The molecule has 0 bridgehead atoms. The lowest BCUT2D eigenvalue weighted by atomic mass is 10.2. The molecule has 15 heavy (non-hydrogen) atoms. The standard InChI is InChI=1S/C14H11N/c1-2-5-13(6-3-1)7-4-8-14-9-11-15-12-10-14/h1-3,5-6,9-12H,8H2. The molecule has 0 amide bonds. The molecule has 0 aliphatic carbocycles. The van der Waals surface area contributed by atoms with Gasteiger partial charge in [0.15, 0.2) is 0 Å². The molecular weight excluding hydrogens is 182 g/mol. The van der Waals surface area contributed by atoms with Crippen LogP contribution in [0, 0.1) is 11.8 Å². The van der Waals surface area contributed by atoms with Crippen LogP contribution in [0.4, 0.5) is 0 Å². The minimum Gasteiger partial charge on any atom is -0.265 e. The Balaban J connectivity index is 2.03. The predicted octanol–water partition coefficient (Wildman–Crippen LogP) is 2.68. The van der Waals surface area contributed by atoms with Gasteiger partial charge in [-0.05, 0) is 29.8 Å². The molecule has 1 nitrogen and oxygen atoms in total. The van der Waals surface area contributed by atoms with Crippen molar-refractivity contribution < 1.29 is 0 Å². The first-order valence-corrected chi connectivity index (χ1v) is 4.88. The molecule has 0 N–H and O–H groups in total. The average molecular weight is 193 g/mol. The Kier molecular flexibility index (Phi) is 3.14. The molecule has 2 aromatic rings. The summed E-state index contributed by atoms with van der Waals surface area (Å²) in [7, 11) is 0. The molecule has 1 aromatic heterocycles. The largest absolute Gasteiger partial charge is 0.265 e. The lowest BCUT2D eigenvalue weighted by molar-refractivity contribution is 1.24. The topological polar surface area (TPSA) is 12.9 Å². The van der Waals surface area contributed by atoms with E-state index in [4.69, 9.17) is 0 Å². The van der Waals surface area contributed by atoms with Crippen molar-refractivity contribution in [2.45, 2.75) is 6.42 Å². The molecular formula is C14H11N. The first-order chi connectivity index (χ1) is 7.45. The third-order valence-electron chi connectivity index (χ3n) is 2.05. The van der Waals surface area contributed by atoms with Crippen molar-refractivity contribution in [1.82, 2.24) is 4.98 Å². The Bertz CT molecular complexity index is 463. The third-order valence-corrected chi connectivity index (χ3v) is 2.05. The van der Waals surface area contributed by atoms with E-state index in [0.29, 0.717) is 0 Å². The molecule has 1 heteroatoms. The van der Waals surface area contributed by atoms with Gasteiger partial charge in [-0.1, -0.05) is 30.0 Å². The Morgan fingerprint density at radius 2 is 1.67 bits per heavy atom. The zero-order valence-electron chi connectivity index (χ0n) is 8.35. The van der Waals surface area contributed by atoms with E-state index in [0.717, 1.165) is 12.0 Å². The summed E-state index contributed by atoms with van der Waals surface area (Å²) >= 11 is 0. The van der Waals surface area contributed by atoms with Crippen molar-refractivity contribution in [3.8, 4) is 11.8 Å². The first-order valence-electron chi connectivity index (χ1n) is 4.88. The van der Waals surface area contributed by atoms with E-state index in [2.05, 4.69) is 16.8 Å². The molecule has 0 aliphatic rings. The molecule has 2 rings (SSSR count). The average Bonchev–Trinajstić information content (AvgIpc) is 2.32. The lowest BCUT2D eigenvalue weighted by Gasteiger charge is -1.91. The first kappa shape index (κ1) is 9.48. The molecule has 0 spiro atoms. The van der Waals surface area contributed by atoms with E-state index in [-0.39, 0.29) is 0 Å². The molecule has 0 saturated carbocycles. The van der Waals surface area contributed by atoms with Crippen LogP contribution in [0.2, 0.25) is 0 Å². The second-order valence-corrected chi connectivity index (χ2v) is 3.20. The van der Waals surface area contributed by atoms with Crippen LogP contribution in [0.15, 0.2) is 54.9 Å². The van der Waals surface area contributed by atoms with Gasteiger partial charge in [0.2, 0.25) is 0 Å². The van der Waals surface area contributed by atoms with Crippen molar-refractivity contribution in [3.05, 3.63) is 66.0 Å². The Morgan fingerprint density at radius 3 is 2.40 bits per heavy atom. The lowest BCUT2D eigenvalue weighted by Crippen LogP contribution is -1.81. The molecule has 1 aromatic carbocycles. The van der Waals surface area contributed by atoms with Gasteiger partial charge < -0.3 is 0 Å². The number of pyridine rings is 1. The maximum absolute atomic E-state index is 3.96. The fourth-order valence-electron chi connectivity index (χ4n) is 1.27. The van der Waals surface area contributed by atoms with E-state index < -0.39 is 0 Å². The minimum absolute atomic E-state index is 0.775. The van der Waals surface area contributed by atoms with E-state index in [1.165, 1.54) is 5.56 Å². The van der Waals surface area contributed by atoms with Gasteiger partial charge in [-0.25, -0.2) is 0 Å². The normalized spacial score (nSPS) is 9.07. The predicted molar refractivity (Wildman–Crippen MR) is 61.3 cm³/mol. The van der Waals surface area contributed by atoms with Crippen molar-refractivity contribution >= 4 is 0 Å². The summed E-state index contributed by atoms with van der Waals surface area (Å²) in [5.74, 6) is 6.26. The van der Waals surface area contributed by atoms with Gasteiger partial charge in [-0.2, -0.15) is 0 Å². The number of nitrogens with zero attached hydrogens (tertiary/aromatic N) is 1. The maximum atomic E-state index is 3.96. The fourth-order valence-corrected chi connectivity index (χ4v) is 1.27. The van der Waals surface area contributed by atoms with E-state index in [1.807, 2.05) is 42.5 Å². The quantitative estimate of drug-likeness (QED) is 0.634. The van der Waals surface area contributed by atoms with Gasteiger partial charge in [0, 0.05) is 24.4 Å². The highest BCUT2D eigenvalue weighted by atomic mass is 14.6. The van der Waals surface area contributed by atoms with Crippen LogP contribution in [0.3, 0.4) is 0 Å². The summed E-state index contributed by atoms with van der Waals surface area (Å²) in [6.45, 7) is 0. The summed E-state index contributed by atoms with van der Waals surface area (Å²) < 4.78 is 0. The maximum Gasteiger partial charge on any atom is 0.0345 e. The van der Waals surface area contributed by atoms with E-state index in [9.17, 15) is 0 Å². The molecule has 0 fully saturated rings. The zero-order chi connectivity index (χ0) is 10.3. The van der Waals surface area contributed by atoms with Crippen LogP contribution in [-0.4, -0.2) is 4.98 Å².